The standard InChI is InChI=1S/C19H28BNO4/c1-18(2)19(3,4)25-20(24-18)16(13-21)12-15-9-7-6-8-14(15)10-11-17(22)23-5/h6-9,12H,10-11,13,21H2,1-5H3. The van der Waals surface area contributed by atoms with Gasteiger partial charge in [0.1, 0.15) is 0 Å². The highest BCUT2D eigenvalue weighted by molar-refractivity contribution is 6.55. The number of ether oxygens (including phenoxy) is 1. The molecule has 0 amide bonds. The molecular formula is C19H28BNO4. The minimum absolute atomic E-state index is 0.219. The molecule has 0 aliphatic carbocycles. The van der Waals surface area contributed by atoms with Gasteiger partial charge in [-0.05, 0) is 50.7 Å². The van der Waals surface area contributed by atoms with Gasteiger partial charge in [-0.15, -0.1) is 0 Å². The third-order valence-electron chi connectivity index (χ3n) is 5.01. The molecule has 0 atom stereocenters. The highest BCUT2D eigenvalue weighted by Crippen LogP contribution is 2.38. The summed E-state index contributed by atoms with van der Waals surface area (Å²) < 4.78 is 16.9. The Labute approximate surface area is 150 Å². The highest BCUT2D eigenvalue weighted by Gasteiger charge is 2.52. The summed E-state index contributed by atoms with van der Waals surface area (Å²) in [6.45, 7) is 8.41. The SMILES string of the molecule is COC(=O)CCc1ccccc1C=C(CN)B1OC(C)(C)C(C)(C)O1. The van der Waals surface area contributed by atoms with Crippen LogP contribution >= 0.6 is 0 Å². The first-order valence-corrected chi connectivity index (χ1v) is 8.61. The maximum Gasteiger partial charge on any atom is 0.491 e. The number of hydrogen-bond acceptors (Lipinski definition) is 5. The quantitative estimate of drug-likeness (QED) is 0.634. The fourth-order valence-electron chi connectivity index (χ4n) is 2.66. The van der Waals surface area contributed by atoms with E-state index in [-0.39, 0.29) is 5.97 Å². The van der Waals surface area contributed by atoms with Gasteiger partial charge in [0.05, 0.1) is 18.3 Å². The van der Waals surface area contributed by atoms with E-state index in [1.807, 2.05) is 58.0 Å². The Morgan fingerprint density at radius 2 is 1.80 bits per heavy atom. The van der Waals surface area contributed by atoms with Crippen LogP contribution in [0.4, 0.5) is 0 Å². The zero-order valence-corrected chi connectivity index (χ0v) is 15.8. The van der Waals surface area contributed by atoms with Crippen LogP contribution in [0.25, 0.3) is 6.08 Å². The third-order valence-corrected chi connectivity index (χ3v) is 5.01. The van der Waals surface area contributed by atoms with Gasteiger partial charge >= 0.3 is 13.1 Å². The average Bonchev–Trinajstić information content (AvgIpc) is 2.78. The van der Waals surface area contributed by atoms with Crippen LogP contribution in [-0.2, 0) is 25.3 Å². The van der Waals surface area contributed by atoms with Crippen molar-refractivity contribution in [2.45, 2.75) is 51.7 Å². The van der Waals surface area contributed by atoms with E-state index >= 15 is 0 Å². The van der Waals surface area contributed by atoms with Crippen molar-refractivity contribution in [3.05, 3.63) is 40.9 Å². The maximum absolute atomic E-state index is 11.4. The van der Waals surface area contributed by atoms with Gasteiger partial charge in [-0.3, -0.25) is 4.79 Å². The van der Waals surface area contributed by atoms with Crippen LogP contribution in [0.3, 0.4) is 0 Å². The van der Waals surface area contributed by atoms with Crippen molar-refractivity contribution >= 4 is 19.2 Å². The van der Waals surface area contributed by atoms with E-state index in [0.717, 1.165) is 16.6 Å². The Hall–Kier alpha value is -1.63. The number of aryl methyl sites for hydroxylation is 1. The van der Waals surface area contributed by atoms with Crippen LogP contribution in [0.2, 0.25) is 0 Å². The molecule has 136 valence electrons. The van der Waals surface area contributed by atoms with Crippen molar-refractivity contribution in [1.82, 2.24) is 0 Å². The van der Waals surface area contributed by atoms with Crippen molar-refractivity contribution in [1.29, 1.82) is 0 Å². The first kappa shape index (κ1) is 19.7. The summed E-state index contributed by atoms with van der Waals surface area (Å²) in [5.41, 5.74) is 8.12. The number of benzene rings is 1. The molecule has 1 aromatic carbocycles. The van der Waals surface area contributed by atoms with Gasteiger partial charge in [0, 0.05) is 13.0 Å². The molecule has 0 radical (unpaired) electrons. The minimum Gasteiger partial charge on any atom is -0.469 e. The summed E-state index contributed by atoms with van der Waals surface area (Å²) in [6.07, 6.45) is 2.96. The molecule has 1 aliphatic heterocycles. The number of carbonyl (C=O) groups excluding carboxylic acids is 1. The second-order valence-corrected chi connectivity index (χ2v) is 7.29. The summed E-state index contributed by atoms with van der Waals surface area (Å²) in [5.74, 6) is -0.219. The Morgan fingerprint density at radius 1 is 1.20 bits per heavy atom. The summed E-state index contributed by atoms with van der Waals surface area (Å²) in [4.78, 5) is 11.4. The molecule has 1 saturated heterocycles. The van der Waals surface area contributed by atoms with Crippen LogP contribution in [0, 0.1) is 0 Å². The van der Waals surface area contributed by atoms with E-state index in [2.05, 4.69) is 0 Å². The van der Waals surface area contributed by atoms with E-state index in [9.17, 15) is 4.79 Å². The lowest BCUT2D eigenvalue weighted by molar-refractivity contribution is -0.140. The Balaban J connectivity index is 2.24. The molecule has 1 fully saturated rings. The normalized spacial score (nSPS) is 19.1. The predicted octanol–water partition coefficient (Wildman–Crippen LogP) is 2.77. The summed E-state index contributed by atoms with van der Waals surface area (Å²) in [7, 11) is 0.933. The molecular weight excluding hydrogens is 317 g/mol. The lowest BCUT2D eigenvalue weighted by Crippen LogP contribution is -2.41. The fourth-order valence-corrected chi connectivity index (χ4v) is 2.66. The van der Waals surface area contributed by atoms with Gasteiger partial charge in [-0.2, -0.15) is 0 Å². The van der Waals surface area contributed by atoms with E-state index in [4.69, 9.17) is 19.8 Å². The van der Waals surface area contributed by atoms with Crippen LogP contribution in [0.5, 0.6) is 0 Å². The van der Waals surface area contributed by atoms with Gasteiger partial charge in [-0.25, -0.2) is 0 Å². The zero-order chi connectivity index (χ0) is 18.7. The van der Waals surface area contributed by atoms with Crippen molar-refractivity contribution in [2.24, 2.45) is 5.73 Å². The molecule has 0 unspecified atom stereocenters. The monoisotopic (exact) mass is 345 g/mol. The van der Waals surface area contributed by atoms with E-state index in [1.54, 1.807) is 0 Å². The molecule has 0 spiro atoms. The molecule has 1 aromatic rings. The summed E-state index contributed by atoms with van der Waals surface area (Å²) in [5, 5.41) is 0. The predicted molar refractivity (Wildman–Crippen MR) is 99.9 cm³/mol. The van der Waals surface area contributed by atoms with Gasteiger partial charge in [0.15, 0.2) is 0 Å². The number of hydrogen-bond donors (Lipinski definition) is 1. The molecule has 0 saturated carbocycles. The molecule has 2 N–H and O–H groups in total. The highest BCUT2D eigenvalue weighted by atomic mass is 16.7. The number of methoxy groups -OCH3 is 1. The third kappa shape index (κ3) is 4.51. The van der Waals surface area contributed by atoms with E-state index in [1.165, 1.54) is 7.11 Å². The first-order valence-electron chi connectivity index (χ1n) is 8.61. The molecule has 0 bridgehead atoms. The fraction of sp³-hybridized carbons (Fsp3) is 0.526. The van der Waals surface area contributed by atoms with Crippen molar-refractivity contribution < 1.29 is 18.8 Å². The van der Waals surface area contributed by atoms with Crippen molar-refractivity contribution in [2.75, 3.05) is 13.7 Å². The van der Waals surface area contributed by atoms with E-state index in [0.29, 0.717) is 19.4 Å². The van der Waals surface area contributed by atoms with Gasteiger partial charge < -0.3 is 19.8 Å². The van der Waals surface area contributed by atoms with Crippen LogP contribution in [-0.4, -0.2) is 37.9 Å². The van der Waals surface area contributed by atoms with Crippen LogP contribution in [0.1, 0.15) is 45.2 Å². The topological polar surface area (TPSA) is 70.8 Å². The first-order chi connectivity index (χ1) is 11.7. The second-order valence-electron chi connectivity index (χ2n) is 7.29. The number of carbonyl (C=O) groups is 1. The Kier molecular flexibility index (Phi) is 6.09. The zero-order valence-electron chi connectivity index (χ0n) is 15.8. The number of rotatable bonds is 6. The average molecular weight is 345 g/mol. The molecule has 1 heterocycles. The van der Waals surface area contributed by atoms with Crippen molar-refractivity contribution in [3.63, 3.8) is 0 Å². The second kappa shape index (κ2) is 7.73. The molecule has 6 heteroatoms. The lowest BCUT2D eigenvalue weighted by atomic mass is 9.76. The summed E-state index contributed by atoms with van der Waals surface area (Å²) in [6, 6.07) is 7.94. The smallest absolute Gasteiger partial charge is 0.469 e. The van der Waals surface area contributed by atoms with Crippen LogP contribution in [0.15, 0.2) is 29.7 Å². The largest absolute Gasteiger partial charge is 0.491 e. The Morgan fingerprint density at radius 3 is 2.36 bits per heavy atom. The molecule has 25 heavy (non-hydrogen) atoms. The molecule has 5 nitrogen and oxygen atoms in total. The molecule has 2 rings (SSSR count). The van der Waals surface area contributed by atoms with Gasteiger partial charge in [0.25, 0.3) is 0 Å². The lowest BCUT2D eigenvalue weighted by Gasteiger charge is -2.32. The molecule has 0 aromatic heterocycles. The van der Waals surface area contributed by atoms with Crippen LogP contribution < -0.4 is 5.73 Å². The van der Waals surface area contributed by atoms with Gasteiger partial charge in [0.2, 0.25) is 0 Å². The molecule has 1 aliphatic rings. The van der Waals surface area contributed by atoms with E-state index < -0.39 is 18.3 Å². The van der Waals surface area contributed by atoms with Crippen molar-refractivity contribution in [3.8, 4) is 0 Å². The summed E-state index contributed by atoms with van der Waals surface area (Å²) >= 11 is 0. The Bertz CT molecular complexity index is 639. The maximum atomic E-state index is 11.4. The van der Waals surface area contributed by atoms with Gasteiger partial charge in [-0.1, -0.05) is 30.3 Å². The number of esters is 1. The number of nitrogens with two attached hydrogens (primary N) is 1. The minimum atomic E-state index is -0.469.